The van der Waals surface area contributed by atoms with Crippen molar-refractivity contribution in [3.8, 4) is 5.75 Å². The first-order chi connectivity index (χ1) is 9.19. The number of benzene rings is 1. The van der Waals surface area contributed by atoms with E-state index in [9.17, 15) is 0 Å². The molecule has 1 aliphatic carbocycles. The third kappa shape index (κ3) is 2.23. The van der Waals surface area contributed by atoms with Gasteiger partial charge in [0.15, 0.2) is 0 Å². The normalized spacial score (nSPS) is 29.1. The van der Waals surface area contributed by atoms with Crippen LogP contribution in [0.4, 0.5) is 0 Å². The van der Waals surface area contributed by atoms with Crippen molar-refractivity contribution in [3.05, 3.63) is 29.8 Å². The average Bonchev–Trinajstić information content (AvgIpc) is 2.73. The van der Waals surface area contributed by atoms with Gasteiger partial charge < -0.3 is 9.64 Å². The molecule has 0 saturated heterocycles. The summed E-state index contributed by atoms with van der Waals surface area (Å²) < 4.78 is 6.57. The van der Waals surface area contributed by atoms with Crippen molar-refractivity contribution in [1.82, 2.24) is 4.90 Å². The Labute approximate surface area is 128 Å². The van der Waals surface area contributed by atoms with E-state index in [4.69, 9.17) is 4.74 Å². The van der Waals surface area contributed by atoms with E-state index in [-0.39, 0.29) is 18.0 Å². The van der Waals surface area contributed by atoms with Crippen molar-refractivity contribution in [2.24, 2.45) is 0 Å². The van der Waals surface area contributed by atoms with E-state index in [1.807, 2.05) is 0 Å². The van der Waals surface area contributed by atoms with E-state index >= 15 is 0 Å². The summed E-state index contributed by atoms with van der Waals surface area (Å²) in [5.74, 6) is 1.72. The van der Waals surface area contributed by atoms with Crippen LogP contribution in [0, 0.1) is 0 Å². The molecule has 0 bridgehead atoms. The molecule has 1 aromatic carbocycles. The zero-order valence-corrected chi connectivity index (χ0v) is 13.6. The number of likely N-dealkylation sites (N-methyl/N-ethyl adjacent to an activating group) is 1. The summed E-state index contributed by atoms with van der Waals surface area (Å²) in [5, 5.41) is 0. The Hall–Kier alpha value is -0.730. The number of hydrogen-bond acceptors (Lipinski definition) is 2. The van der Waals surface area contributed by atoms with Crippen LogP contribution in [0.3, 0.4) is 0 Å². The third-order valence-electron chi connectivity index (χ3n) is 5.07. The van der Waals surface area contributed by atoms with E-state index in [0.717, 1.165) is 12.2 Å². The van der Waals surface area contributed by atoms with Gasteiger partial charge in [0.25, 0.3) is 0 Å². The molecule has 1 heterocycles. The minimum absolute atomic E-state index is 0. The van der Waals surface area contributed by atoms with Gasteiger partial charge in [-0.2, -0.15) is 0 Å². The second-order valence-electron chi connectivity index (χ2n) is 6.28. The highest BCUT2D eigenvalue weighted by atomic mass is 35.5. The van der Waals surface area contributed by atoms with Crippen molar-refractivity contribution in [2.45, 2.75) is 56.6 Å². The summed E-state index contributed by atoms with van der Waals surface area (Å²) in [4.78, 5) is 2.37. The van der Waals surface area contributed by atoms with Crippen molar-refractivity contribution >= 4 is 12.4 Å². The molecule has 1 saturated carbocycles. The first-order valence-electron chi connectivity index (χ1n) is 7.63. The molecule has 0 radical (unpaired) electrons. The van der Waals surface area contributed by atoms with Crippen LogP contribution in [-0.2, 0) is 0 Å². The lowest BCUT2D eigenvalue weighted by Crippen LogP contribution is -2.56. The van der Waals surface area contributed by atoms with Crippen LogP contribution in [0.5, 0.6) is 5.75 Å². The Bertz CT molecular complexity index is 462. The summed E-state index contributed by atoms with van der Waals surface area (Å²) in [6, 6.07) is 9.18. The molecule has 2 aliphatic rings. The highest BCUT2D eigenvalue weighted by Crippen LogP contribution is 2.54. The number of hydrogen-bond donors (Lipinski definition) is 0. The molecule has 0 amide bonds. The van der Waals surface area contributed by atoms with Crippen LogP contribution in [0.15, 0.2) is 24.3 Å². The van der Waals surface area contributed by atoms with Gasteiger partial charge in [0.05, 0.1) is 0 Å². The lowest BCUT2D eigenvalue weighted by molar-refractivity contribution is -0.0363. The summed E-state index contributed by atoms with van der Waals surface area (Å²) in [5.41, 5.74) is 1.46. The molecule has 3 heteroatoms. The zero-order chi connectivity index (χ0) is 13.5. The Morgan fingerprint density at radius 1 is 1.30 bits per heavy atom. The number of para-hydroxylation sites is 1. The van der Waals surface area contributed by atoms with Crippen LogP contribution in [0.2, 0.25) is 0 Å². The molecule has 0 N–H and O–H groups in total. The molecule has 3 rings (SSSR count). The van der Waals surface area contributed by atoms with Gasteiger partial charge in [0.2, 0.25) is 0 Å². The quantitative estimate of drug-likeness (QED) is 0.827. The van der Waals surface area contributed by atoms with E-state index in [0.29, 0.717) is 12.0 Å². The zero-order valence-electron chi connectivity index (χ0n) is 12.8. The second-order valence-corrected chi connectivity index (χ2v) is 6.28. The topological polar surface area (TPSA) is 12.5 Å². The van der Waals surface area contributed by atoms with Crippen LogP contribution in [0.1, 0.15) is 50.5 Å². The Morgan fingerprint density at radius 2 is 2.05 bits per heavy atom. The fourth-order valence-electron chi connectivity index (χ4n) is 4.39. The summed E-state index contributed by atoms with van der Waals surface area (Å²) in [6.07, 6.45) is 6.27. The molecule has 3 atom stereocenters. The number of nitrogens with zero attached hydrogens (tertiary/aromatic N) is 1. The molecule has 1 aromatic rings. The monoisotopic (exact) mass is 295 g/mol. The Kier molecular flexibility index (Phi) is 4.66. The highest BCUT2D eigenvalue weighted by molar-refractivity contribution is 5.85. The highest BCUT2D eigenvalue weighted by Gasteiger charge is 2.54. The molecule has 1 aliphatic heterocycles. The molecule has 112 valence electrons. The van der Waals surface area contributed by atoms with E-state index in [1.165, 1.54) is 31.2 Å². The summed E-state index contributed by atoms with van der Waals surface area (Å²) >= 11 is 0. The smallest absolute Gasteiger partial charge is 0.131 e. The van der Waals surface area contributed by atoms with Crippen molar-refractivity contribution < 1.29 is 4.74 Å². The Morgan fingerprint density at radius 3 is 2.75 bits per heavy atom. The first kappa shape index (κ1) is 15.7. The lowest BCUT2D eigenvalue weighted by Gasteiger charge is -2.46. The van der Waals surface area contributed by atoms with Crippen LogP contribution in [0.25, 0.3) is 0 Å². The fourth-order valence-corrected chi connectivity index (χ4v) is 4.39. The second kappa shape index (κ2) is 5.95. The summed E-state index contributed by atoms with van der Waals surface area (Å²) in [7, 11) is 4.39. The SMILES string of the molecule is CCC(N(C)C)[C@@]12CCCC[C@@H]1c1ccccc1O2.Cl. The maximum atomic E-state index is 6.57. The number of halogens is 1. The first-order valence-corrected chi connectivity index (χ1v) is 7.63. The molecule has 1 fully saturated rings. The standard InChI is InChI=1S/C17H25NO.ClH/c1-4-16(18(2)3)17-12-8-7-10-14(17)13-9-5-6-11-15(13)19-17;/h5-6,9,11,14,16H,4,7-8,10,12H2,1-3H3;1H/t14-,16?,17-;/m1./s1. The fraction of sp³-hybridized carbons (Fsp3) is 0.647. The molecular weight excluding hydrogens is 270 g/mol. The van der Waals surface area contributed by atoms with Gasteiger partial charge in [-0.25, -0.2) is 0 Å². The molecular formula is C17H26ClNO. The van der Waals surface area contributed by atoms with Gasteiger partial charge in [0, 0.05) is 17.5 Å². The van der Waals surface area contributed by atoms with Crippen molar-refractivity contribution in [1.29, 1.82) is 0 Å². The van der Waals surface area contributed by atoms with Gasteiger partial charge in [-0.3, -0.25) is 0 Å². The van der Waals surface area contributed by atoms with Gasteiger partial charge >= 0.3 is 0 Å². The number of rotatable bonds is 3. The van der Waals surface area contributed by atoms with Gasteiger partial charge in [-0.15, -0.1) is 12.4 Å². The molecule has 0 aromatic heterocycles. The van der Waals surface area contributed by atoms with Crippen LogP contribution in [-0.4, -0.2) is 30.6 Å². The molecule has 0 spiro atoms. The third-order valence-corrected chi connectivity index (χ3v) is 5.07. The average molecular weight is 296 g/mol. The molecule has 2 nitrogen and oxygen atoms in total. The van der Waals surface area contributed by atoms with E-state index in [1.54, 1.807) is 0 Å². The number of fused-ring (bicyclic) bond motifs is 3. The van der Waals surface area contributed by atoms with Gasteiger partial charge in [0.1, 0.15) is 11.4 Å². The van der Waals surface area contributed by atoms with Crippen molar-refractivity contribution in [3.63, 3.8) is 0 Å². The predicted octanol–water partition coefficient (Wildman–Crippen LogP) is 4.24. The van der Waals surface area contributed by atoms with E-state index in [2.05, 4.69) is 50.2 Å². The predicted molar refractivity (Wildman–Crippen MR) is 86.0 cm³/mol. The van der Waals surface area contributed by atoms with Gasteiger partial charge in [-0.1, -0.05) is 31.5 Å². The maximum Gasteiger partial charge on any atom is 0.131 e. The van der Waals surface area contributed by atoms with E-state index < -0.39 is 0 Å². The van der Waals surface area contributed by atoms with Crippen LogP contribution < -0.4 is 4.74 Å². The van der Waals surface area contributed by atoms with Gasteiger partial charge in [-0.05, 0) is 45.8 Å². The summed E-state index contributed by atoms with van der Waals surface area (Å²) in [6.45, 7) is 2.29. The van der Waals surface area contributed by atoms with Crippen LogP contribution >= 0.6 is 12.4 Å². The minimum Gasteiger partial charge on any atom is -0.485 e. The maximum absolute atomic E-state index is 6.57. The largest absolute Gasteiger partial charge is 0.485 e. The number of ether oxygens (including phenoxy) is 1. The lowest BCUT2D eigenvalue weighted by atomic mass is 9.69. The Balaban J connectivity index is 0.00000147. The van der Waals surface area contributed by atoms with Crippen molar-refractivity contribution in [2.75, 3.05) is 14.1 Å². The molecule has 1 unspecified atom stereocenters. The molecule has 20 heavy (non-hydrogen) atoms. The minimum atomic E-state index is 0.